The van der Waals surface area contributed by atoms with Crippen molar-refractivity contribution in [3.8, 4) is 0 Å². The molecule has 1 nitrogen and oxygen atoms in total. The monoisotopic (exact) mass is 299 g/mol. The van der Waals surface area contributed by atoms with Crippen molar-refractivity contribution in [3.63, 3.8) is 0 Å². The largest absolute Gasteiger partial charge is 0.323 e. The van der Waals surface area contributed by atoms with E-state index < -0.39 is 0 Å². The molecule has 0 amide bonds. The van der Waals surface area contributed by atoms with E-state index in [0.717, 1.165) is 12.2 Å². The van der Waals surface area contributed by atoms with Gasteiger partial charge in [-0.2, -0.15) is 11.8 Å². The molecule has 21 heavy (non-hydrogen) atoms. The number of hydrogen-bond acceptors (Lipinski definition) is 2. The van der Waals surface area contributed by atoms with Gasteiger partial charge in [-0.15, -0.1) is 0 Å². The molecule has 0 spiro atoms. The topological polar surface area (TPSA) is 26.0 Å². The highest BCUT2D eigenvalue weighted by atomic mass is 32.2. The van der Waals surface area contributed by atoms with Crippen LogP contribution in [0.2, 0.25) is 0 Å². The van der Waals surface area contributed by atoms with Crippen LogP contribution in [0.5, 0.6) is 0 Å². The van der Waals surface area contributed by atoms with Gasteiger partial charge >= 0.3 is 0 Å². The Kier molecular flexibility index (Phi) is 5.89. The fraction of sp³-hybridized carbons (Fsp3) is 0.368. The summed E-state index contributed by atoms with van der Waals surface area (Å²) >= 11 is 1.97. The van der Waals surface area contributed by atoms with E-state index in [1.807, 2.05) is 17.8 Å². The summed E-state index contributed by atoms with van der Waals surface area (Å²) in [4.78, 5) is 0. The van der Waals surface area contributed by atoms with Gasteiger partial charge in [0.25, 0.3) is 0 Å². The minimum atomic E-state index is 0.104. The van der Waals surface area contributed by atoms with Gasteiger partial charge in [0.2, 0.25) is 0 Å². The van der Waals surface area contributed by atoms with Gasteiger partial charge in [-0.05, 0) is 31.4 Å². The minimum absolute atomic E-state index is 0.104. The summed E-state index contributed by atoms with van der Waals surface area (Å²) in [6.45, 7) is 6.55. The quantitative estimate of drug-likeness (QED) is 0.811. The summed E-state index contributed by atoms with van der Waals surface area (Å²) in [5.41, 5.74) is 11.8. The molecule has 0 saturated carbocycles. The fourth-order valence-electron chi connectivity index (χ4n) is 2.72. The van der Waals surface area contributed by atoms with Gasteiger partial charge in [-0.1, -0.05) is 66.6 Å². The Morgan fingerprint density at radius 1 is 1.00 bits per heavy atom. The van der Waals surface area contributed by atoms with Crippen LogP contribution in [0, 0.1) is 13.8 Å². The minimum Gasteiger partial charge on any atom is -0.323 e. The second kappa shape index (κ2) is 7.67. The number of rotatable bonds is 6. The predicted octanol–water partition coefficient (Wildman–Crippen LogP) is 5.02. The van der Waals surface area contributed by atoms with Crippen molar-refractivity contribution in [3.05, 3.63) is 70.8 Å². The highest BCUT2D eigenvalue weighted by molar-refractivity contribution is 7.99. The van der Waals surface area contributed by atoms with Crippen LogP contribution in [0.15, 0.2) is 48.5 Å². The van der Waals surface area contributed by atoms with E-state index in [9.17, 15) is 0 Å². The molecular weight excluding hydrogens is 274 g/mol. The molecule has 0 fully saturated rings. The molecule has 2 aromatic carbocycles. The molecule has 2 atom stereocenters. The number of benzene rings is 2. The van der Waals surface area contributed by atoms with Crippen LogP contribution in [0.1, 0.15) is 41.6 Å². The van der Waals surface area contributed by atoms with E-state index in [1.54, 1.807) is 0 Å². The average molecular weight is 299 g/mol. The third-order valence-corrected chi connectivity index (χ3v) is 5.29. The number of nitrogens with two attached hydrogens (primary N) is 1. The van der Waals surface area contributed by atoms with Crippen molar-refractivity contribution in [2.24, 2.45) is 5.73 Å². The SMILES string of the molecule is CCC(SCc1cc(C)cc(C)c1)C(N)c1ccccc1. The summed E-state index contributed by atoms with van der Waals surface area (Å²) in [6.07, 6.45) is 1.09. The van der Waals surface area contributed by atoms with Gasteiger partial charge in [-0.25, -0.2) is 0 Å². The maximum absolute atomic E-state index is 6.45. The van der Waals surface area contributed by atoms with Crippen LogP contribution in [0.4, 0.5) is 0 Å². The second-order valence-electron chi connectivity index (χ2n) is 5.69. The molecule has 0 aliphatic rings. The molecular formula is C19H25NS. The van der Waals surface area contributed by atoms with Gasteiger partial charge in [0.1, 0.15) is 0 Å². The van der Waals surface area contributed by atoms with Crippen molar-refractivity contribution in [1.29, 1.82) is 0 Å². The lowest BCUT2D eigenvalue weighted by Gasteiger charge is -2.23. The zero-order valence-corrected chi connectivity index (χ0v) is 14.0. The molecule has 2 heteroatoms. The van der Waals surface area contributed by atoms with Crippen molar-refractivity contribution in [2.75, 3.05) is 0 Å². The van der Waals surface area contributed by atoms with E-state index in [0.29, 0.717) is 5.25 Å². The zero-order chi connectivity index (χ0) is 15.2. The van der Waals surface area contributed by atoms with Crippen molar-refractivity contribution in [1.82, 2.24) is 0 Å². The average Bonchev–Trinajstić information content (AvgIpc) is 2.47. The van der Waals surface area contributed by atoms with Gasteiger partial charge in [0, 0.05) is 17.0 Å². The zero-order valence-electron chi connectivity index (χ0n) is 13.2. The first kappa shape index (κ1) is 16.1. The lowest BCUT2D eigenvalue weighted by molar-refractivity contribution is 0.656. The molecule has 0 aliphatic heterocycles. The van der Waals surface area contributed by atoms with E-state index >= 15 is 0 Å². The molecule has 0 bridgehead atoms. The maximum Gasteiger partial charge on any atom is 0.0415 e. The van der Waals surface area contributed by atoms with Gasteiger partial charge in [0.05, 0.1) is 0 Å². The first-order valence-electron chi connectivity index (χ1n) is 7.59. The summed E-state index contributed by atoms with van der Waals surface area (Å²) in [5.74, 6) is 1.03. The first-order valence-corrected chi connectivity index (χ1v) is 8.64. The van der Waals surface area contributed by atoms with Crippen LogP contribution >= 0.6 is 11.8 Å². The Bertz CT molecular complexity index is 545. The van der Waals surface area contributed by atoms with E-state index in [4.69, 9.17) is 5.73 Å². The molecule has 2 N–H and O–H groups in total. The summed E-state index contributed by atoms with van der Waals surface area (Å²) in [5, 5.41) is 0.452. The van der Waals surface area contributed by atoms with Crippen LogP contribution < -0.4 is 5.73 Å². The molecule has 0 saturated heterocycles. The lowest BCUT2D eigenvalue weighted by Crippen LogP contribution is -2.23. The molecule has 2 unspecified atom stereocenters. The number of hydrogen-bond donors (Lipinski definition) is 1. The van der Waals surface area contributed by atoms with Crippen LogP contribution in [0.3, 0.4) is 0 Å². The van der Waals surface area contributed by atoms with Crippen molar-refractivity contribution < 1.29 is 0 Å². The Hall–Kier alpha value is -1.25. The van der Waals surface area contributed by atoms with Crippen LogP contribution in [-0.4, -0.2) is 5.25 Å². The van der Waals surface area contributed by atoms with Crippen LogP contribution in [-0.2, 0) is 5.75 Å². The lowest BCUT2D eigenvalue weighted by atomic mass is 10.0. The molecule has 0 aromatic heterocycles. The third kappa shape index (κ3) is 4.62. The Balaban J connectivity index is 2.02. The van der Waals surface area contributed by atoms with Gasteiger partial charge in [0.15, 0.2) is 0 Å². The van der Waals surface area contributed by atoms with Crippen LogP contribution in [0.25, 0.3) is 0 Å². The highest BCUT2D eigenvalue weighted by Crippen LogP contribution is 2.30. The molecule has 0 radical (unpaired) electrons. The maximum atomic E-state index is 6.45. The second-order valence-corrected chi connectivity index (χ2v) is 6.92. The number of aryl methyl sites for hydroxylation is 2. The highest BCUT2D eigenvalue weighted by Gasteiger charge is 2.18. The van der Waals surface area contributed by atoms with Crippen molar-refractivity contribution >= 4 is 11.8 Å². The molecule has 0 heterocycles. The van der Waals surface area contributed by atoms with E-state index in [1.165, 1.54) is 22.3 Å². The summed E-state index contributed by atoms with van der Waals surface area (Å²) in [6, 6.07) is 17.3. The van der Waals surface area contributed by atoms with E-state index in [-0.39, 0.29) is 6.04 Å². The third-order valence-electron chi connectivity index (χ3n) is 3.73. The van der Waals surface area contributed by atoms with Gasteiger partial charge < -0.3 is 5.73 Å². The standard InChI is InChI=1S/C19H25NS/c1-4-18(19(20)17-8-6-5-7-9-17)21-13-16-11-14(2)10-15(3)12-16/h5-12,18-19H,4,13,20H2,1-3H3. The predicted molar refractivity (Wildman–Crippen MR) is 94.7 cm³/mol. The molecule has 0 aliphatic carbocycles. The molecule has 2 rings (SSSR count). The van der Waals surface area contributed by atoms with Crippen molar-refractivity contribution in [2.45, 2.75) is 44.2 Å². The summed E-state index contributed by atoms with van der Waals surface area (Å²) in [7, 11) is 0. The van der Waals surface area contributed by atoms with Gasteiger partial charge in [-0.3, -0.25) is 0 Å². The number of thioether (sulfide) groups is 1. The van der Waals surface area contributed by atoms with E-state index in [2.05, 4.69) is 63.2 Å². The fourth-order valence-corrected chi connectivity index (χ4v) is 3.89. The summed E-state index contributed by atoms with van der Waals surface area (Å²) < 4.78 is 0. The first-order chi connectivity index (χ1) is 10.1. The Labute approximate surface area is 133 Å². The Morgan fingerprint density at radius 3 is 2.19 bits per heavy atom. The normalized spacial score (nSPS) is 13.9. The molecule has 112 valence electrons. The molecule has 2 aromatic rings. The Morgan fingerprint density at radius 2 is 1.62 bits per heavy atom. The smallest absolute Gasteiger partial charge is 0.0415 e.